The van der Waals surface area contributed by atoms with Crippen LogP contribution < -0.4 is 0 Å². The Bertz CT molecular complexity index is 2440. The van der Waals surface area contributed by atoms with Gasteiger partial charge in [-0.15, -0.1) is 0 Å². The highest BCUT2D eigenvalue weighted by molar-refractivity contribution is 7.99. The predicted molar refractivity (Wildman–Crippen MR) is 239 cm³/mol. The van der Waals surface area contributed by atoms with E-state index in [2.05, 4.69) is 0 Å². The third-order valence-corrected chi connectivity index (χ3v) is 12.2. The maximum absolute atomic E-state index is 14.6. The fourth-order valence-corrected chi connectivity index (χ4v) is 9.06. The molecule has 3 aliphatic heterocycles. The summed E-state index contributed by atoms with van der Waals surface area (Å²) in [5.74, 6) is -11.3. The van der Waals surface area contributed by atoms with E-state index in [1.807, 2.05) is 0 Å². The van der Waals surface area contributed by atoms with E-state index in [1.54, 1.807) is 60.7 Å². The molecule has 71 heavy (non-hydrogen) atoms. The van der Waals surface area contributed by atoms with Crippen LogP contribution in [0.5, 0.6) is 0 Å². The molecule has 0 saturated carbocycles. The number of methoxy groups -OCH3 is 1. The summed E-state index contributed by atoms with van der Waals surface area (Å²) < 4.78 is 63.3. The number of hydrogen-bond donors (Lipinski definition) is 1. The smallest absolute Gasteiger partial charge is 0.417 e. The molecule has 3 saturated heterocycles. The van der Waals surface area contributed by atoms with Gasteiger partial charge >= 0.3 is 47.9 Å². The number of benzene rings is 3. The van der Waals surface area contributed by atoms with Crippen molar-refractivity contribution in [2.75, 3.05) is 26.9 Å². The molecule has 0 spiro atoms. The summed E-state index contributed by atoms with van der Waals surface area (Å²) in [6.07, 6.45) is -17.2. The molecule has 3 aliphatic rings. The molecule has 0 radical (unpaired) electrons. The van der Waals surface area contributed by atoms with E-state index in [-0.39, 0.29) is 11.1 Å². The molecule has 11 atom stereocenters. The van der Waals surface area contributed by atoms with Gasteiger partial charge in [0.25, 0.3) is 11.7 Å². The lowest BCUT2D eigenvalue weighted by Crippen LogP contribution is -2.70. The molecule has 3 aromatic rings. The van der Waals surface area contributed by atoms with Crippen LogP contribution >= 0.6 is 23.4 Å². The van der Waals surface area contributed by atoms with Gasteiger partial charge in [-0.1, -0.05) is 59.8 Å². The average Bonchev–Trinajstić information content (AvgIpc) is 3.68. The molecule has 3 heterocycles. The van der Waals surface area contributed by atoms with E-state index in [4.69, 9.17) is 63.7 Å². The maximum atomic E-state index is 14.6. The van der Waals surface area contributed by atoms with Gasteiger partial charge in [-0.2, -0.15) is 0 Å². The Hall–Kier alpha value is -6.63. The summed E-state index contributed by atoms with van der Waals surface area (Å²) in [4.78, 5) is 120. The van der Waals surface area contributed by atoms with Gasteiger partial charge in [-0.3, -0.25) is 24.0 Å². The number of carbonyl (C=O) groups is 9. The fourth-order valence-electron chi connectivity index (χ4n) is 7.83. The second kappa shape index (κ2) is 24.0. The van der Waals surface area contributed by atoms with Crippen molar-refractivity contribution in [1.82, 2.24) is 4.90 Å². The van der Waals surface area contributed by atoms with Gasteiger partial charge < -0.3 is 57.2 Å². The van der Waals surface area contributed by atoms with E-state index < -0.39 is 146 Å². The molecule has 6 rings (SSSR count). The zero-order valence-electron chi connectivity index (χ0n) is 38.5. The molecule has 0 aliphatic carbocycles. The zero-order chi connectivity index (χ0) is 51.6. The Kier molecular flexibility index (Phi) is 18.1. The van der Waals surface area contributed by atoms with Gasteiger partial charge in [0.15, 0.2) is 24.9 Å². The van der Waals surface area contributed by atoms with E-state index >= 15 is 0 Å². The van der Waals surface area contributed by atoms with E-state index in [9.17, 15) is 48.3 Å². The Morgan fingerprint density at radius 3 is 1.97 bits per heavy atom. The summed E-state index contributed by atoms with van der Waals surface area (Å²) in [6.45, 7) is 1.37. The van der Waals surface area contributed by atoms with Crippen LogP contribution in [0.15, 0.2) is 89.8 Å². The van der Waals surface area contributed by atoms with E-state index in [0.717, 1.165) is 46.6 Å². The minimum Gasteiger partial charge on any atom is -0.465 e. The Morgan fingerprint density at radius 2 is 1.39 bits per heavy atom. The van der Waals surface area contributed by atoms with Crippen molar-refractivity contribution in [1.29, 1.82) is 0 Å². The van der Waals surface area contributed by atoms with Crippen molar-refractivity contribution >= 4 is 77.1 Å². The number of halogens is 1. The van der Waals surface area contributed by atoms with Crippen molar-refractivity contribution in [3.8, 4) is 0 Å². The van der Waals surface area contributed by atoms with Crippen LogP contribution in [-0.4, -0.2) is 157 Å². The number of aliphatic hydroxyl groups is 1. The summed E-state index contributed by atoms with van der Waals surface area (Å²) in [5, 5.41) is 12.8. The molecular weight excluding hydrogens is 982 g/mol. The third-order valence-electron chi connectivity index (χ3n) is 10.8. The van der Waals surface area contributed by atoms with Crippen LogP contribution in [0.1, 0.15) is 54.8 Å². The largest absolute Gasteiger partial charge is 0.465 e. The van der Waals surface area contributed by atoms with Gasteiger partial charge in [0.05, 0.1) is 24.7 Å². The van der Waals surface area contributed by atoms with Crippen molar-refractivity contribution in [3.05, 3.63) is 101 Å². The molecule has 22 nitrogen and oxygen atoms in total. The number of fused-ring (bicyclic) bond motifs is 1. The highest BCUT2D eigenvalue weighted by Crippen LogP contribution is 2.45. The lowest BCUT2D eigenvalue weighted by molar-refractivity contribution is -0.348. The van der Waals surface area contributed by atoms with Crippen LogP contribution in [0.4, 0.5) is 4.79 Å². The SMILES string of the molecule is COC(=O)[C@@]1(O[C@H]2[C@@H](O)[C@@H](COC(=O)c3ccccc3)O[C@@H](Sc3ccc(Cl)cc3)[C@@H]2OC(=O)c2ccccc2)C[C@@H]2OC(=O)N(C(=O)COC(C)=O)[C@H]2[C@H]([C@H](OC(C)=O)[C@@H](COC(C)=O)OC(C)=O)O1. The monoisotopic (exact) mass is 1030 g/mol. The minimum atomic E-state index is -2.96. The molecule has 0 unspecified atom stereocenters. The van der Waals surface area contributed by atoms with Crippen LogP contribution in [-0.2, 0) is 80.9 Å². The molecule has 24 heteroatoms. The molecule has 1 N–H and O–H groups in total. The van der Waals surface area contributed by atoms with E-state index in [0.29, 0.717) is 14.8 Å². The number of amides is 2. The molecule has 3 fully saturated rings. The van der Waals surface area contributed by atoms with Crippen LogP contribution in [0.3, 0.4) is 0 Å². The average molecular weight is 1030 g/mol. The number of rotatable bonds is 18. The van der Waals surface area contributed by atoms with Gasteiger partial charge in [0.2, 0.25) is 0 Å². The van der Waals surface area contributed by atoms with Crippen molar-refractivity contribution in [2.45, 2.75) is 105 Å². The Labute approximate surface area is 414 Å². The second-order valence-electron chi connectivity index (χ2n) is 15.9. The molecular formula is C47H48ClNO21S. The van der Waals surface area contributed by atoms with Gasteiger partial charge in [0.1, 0.15) is 55.2 Å². The van der Waals surface area contributed by atoms with Crippen molar-refractivity contribution in [2.24, 2.45) is 0 Å². The normalized spacial score (nSPS) is 25.5. The Morgan fingerprint density at radius 1 is 0.789 bits per heavy atom. The van der Waals surface area contributed by atoms with Crippen molar-refractivity contribution in [3.63, 3.8) is 0 Å². The number of imide groups is 1. The highest BCUT2D eigenvalue weighted by Gasteiger charge is 2.66. The standard InChI is InChI=1S/C47H48ClNO21S/c1-24(50)61-22-34(64-26(3)52)38(65-27(4)53)39-36-32(67-46(59)49(36)35(54)23-62-25(2)51)20-47(69-39,45(58)60-5)70-40-37(55)33(21-63-42(56)28-12-8-6-9-13-28)66-44(71-31-18-16-30(48)17-19-31)41(40)68-43(57)29-14-10-7-11-15-29/h6-19,32-34,36-41,44,55H,20-23H2,1-5H3/t32-,33+,34+,36+,37-,38+,39+,40-,41+,44-,47-/m0/s1. The summed E-state index contributed by atoms with van der Waals surface area (Å²) in [6, 6.07) is 20.0. The first kappa shape index (κ1) is 53.7. The fraction of sp³-hybridized carbons (Fsp3) is 0.426. The highest BCUT2D eigenvalue weighted by atomic mass is 35.5. The van der Waals surface area contributed by atoms with Gasteiger partial charge in [0, 0.05) is 37.6 Å². The number of ether oxygens (including phenoxy) is 11. The van der Waals surface area contributed by atoms with Gasteiger partial charge in [-0.25, -0.2) is 24.1 Å². The first-order valence-corrected chi connectivity index (χ1v) is 22.9. The lowest BCUT2D eigenvalue weighted by Gasteiger charge is -2.50. The number of esters is 7. The van der Waals surface area contributed by atoms with Crippen LogP contribution in [0.25, 0.3) is 0 Å². The molecule has 2 amide bonds. The number of carbonyl (C=O) groups excluding carboxylic acids is 9. The summed E-state index contributed by atoms with van der Waals surface area (Å²) >= 11 is 7.14. The number of aliphatic hydroxyl groups excluding tert-OH is 1. The molecule has 0 aromatic heterocycles. The summed E-state index contributed by atoms with van der Waals surface area (Å²) in [7, 11) is 0.914. The number of nitrogens with zero attached hydrogens (tertiary/aromatic N) is 1. The van der Waals surface area contributed by atoms with Gasteiger partial charge in [-0.05, 0) is 48.5 Å². The molecule has 3 aromatic carbocycles. The van der Waals surface area contributed by atoms with Crippen LogP contribution in [0.2, 0.25) is 5.02 Å². The first-order valence-electron chi connectivity index (χ1n) is 21.6. The Balaban J connectivity index is 1.51. The third kappa shape index (κ3) is 13.4. The quantitative estimate of drug-likeness (QED) is 0.141. The predicted octanol–water partition coefficient (Wildman–Crippen LogP) is 3.35. The summed E-state index contributed by atoms with van der Waals surface area (Å²) in [5.41, 5.74) is -1.23. The maximum Gasteiger partial charge on any atom is 0.417 e. The minimum absolute atomic E-state index is 0.0271. The lowest BCUT2D eigenvalue weighted by atomic mass is 9.87. The molecule has 0 bridgehead atoms. The zero-order valence-corrected chi connectivity index (χ0v) is 40.1. The number of thioether (sulfide) groups is 1. The topological polar surface area (TPSA) is 279 Å². The van der Waals surface area contributed by atoms with Crippen LogP contribution in [0, 0.1) is 0 Å². The number of hydrogen-bond acceptors (Lipinski definition) is 22. The van der Waals surface area contributed by atoms with E-state index in [1.165, 1.54) is 24.3 Å². The second-order valence-corrected chi connectivity index (χ2v) is 17.5. The van der Waals surface area contributed by atoms with Crippen molar-refractivity contribution < 1.29 is 100 Å². The first-order chi connectivity index (χ1) is 33.8. The molecule has 380 valence electrons.